The Hall–Kier alpha value is -5.84. The van der Waals surface area contributed by atoms with Crippen molar-refractivity contribution in [2.45, 2.75) is 13.8 Å². The fourth-order valence-corrected chi connectivity index (χ4v) is 4.96. The first kappa shape index (κ1) is 35.5. The molecule has 0 atom stereocenters. The van der Waals surface area contributed by atoms with E-state index in [1.807, 2.05) is 0 Å². The molecule has 0 saturated carbocycles. The second kappa shape index (κ2) is 16.5. The highest BCUT2D eigenvalue weighted by molar-refractivity contribution is 6.36. The molecule has 0 radical (unpaired) electrons. The predicted octanol–water partition coefficient (Wildman–Crippen LogP) is 9.84. The van der Waals surface area contributed by atoms with E-state index in [-0.39, 0.29) is 45.9 Å². The van der Waals surface area contributed by atoms with Crippen LogP contribution in [0.5, 0.6) is 23.0 Å². The summed E-state index contributed by atoms with van der Waals surface area (Å²) in [7, 11) is 0. The number of hydrogen-bond donors (Lipinski definition) is 0. The van der Waals surface area contributed by atoms with Gasteiger partial charge in [0, 0.05) is 6.07 Å². The van der Waals surface area contributed by atoms with Crippen LogP contribution in [0.15, 0.2) is 109 Å². The van der Waals surface area contributed by atoms with Gasteiger partial charge < -0.3 is 28.4 Å². The fourth-order valence-electron chi connectivity index (χ4n) is 4.50. The summed E-state index contributed by atoms with van der Waals surface area (Å²) in [5, 5.41) is 0.0702. The van der Waals surface area contributed by atoms with Crippen molar-refractivity contribution in [3.63, 3.8) is 0 Å². The van der Waals surface area contributed by atoms with Gasteiger partial charge in [-0.1, -0.05) is 71.7 Å². The van der Waals surface area contributed by atoms with Crippen molar-refractivity contribution in [3.05, 3.63) is 130 Å². The SMILES string of the molecule is CCOC(=O)Oc1ccc(-c2ccc(C(=O)Oc3cc(OC(=O)c4ccc(-c5ccc(OC(=O)OCC)cc5)cc4)c(Cl)cc3Cl)cc2)cc1. The van der Waals surface area contributed by atoms with Crippen LogP contribution in [-0.2, 0) is 9.47 Å². The molecule has 12 heteroatoms. The van der Waals surface area contributed by atoms with Gasteiger partial charge in [0.1, 0.15) is 11.5 Å². The van der Waals surface area contributed by atoms with E-state index in [9.17, 15) is 19.2 Å². The molecular formula is C38H28Cl2O10. The van der Waals surface area contributed by atoms with Crippen LogP contribution in [0.4, 0.5) is 9.59 Å². The van der Waals surface area contributed by atoms with E-state index in [1.165, 1.54) is 12.1 Å². The minimum Gasteiger partial charge on any atom is -0.434 e. The molecule has 10 nitrogen and oxygen atoms in total. The Balaban J connectivity index is 1.21. The maximum Gasteiger partial charge on any atom is 0.513 e. The smallest absolute Gasteiger partial charge is 0.434 e. The zero-order valence-electron chi connectivity index (χ0n) is 26.6. The third-order valence-corrected chi connectivity index (χ3v) is 7.53. The van der Waals surface area contributed by atoms with Gasteiger partial charge in [0.15, 0.2) is 11.5 Å². The van der Waals surface area contributed by atoms with Crippen LogP contribution in [0.2, 0.25) is 10.0 Å². The molecule has 0 aliphatic rings. The maximum atomic E-state index is 13.0. The first-order valence-corrected chi connectivity index (χ1v) is 15.9. The van der Waals surface area contributed by atoms with E-state index in [1.54, 1.807) is 111 Å². The van der Waals surface area contributed by atoms with Crippen LogP contribution in [0, 0.1) is 0 Å². The first-order chi connectivity index (χ1) is 24.1. The monoisotopic (exact) mass is 714 g/mol. The molecule has 0 unspecified atom stereocenters. The largest absolute Gasteiger partial charge is 0.513 e. The minimum atomic E-state index is -0.786. The number of ether oxygens (including phenoxy) is 6. The Kier molecular flexibility index (Phi) is 11.7. The summed E-state index contributed by atoms with van der Waals surface area (Å²) in [6.07, 6.45) is -1.57. The molecule has 50 heavy (non-hydrogen) atoms. The molecule has 0 fully saturated rings. The van der Waals surface area contributed by atoms with E-state index >= 15 is 0 Å². The lowest BCUT2D eigenvalue weighted by Crippen LogP contribution is -2.11. The van der Waals surface area contributed by atoms with Crippen molar-refractivity contribution >= 4 is 47.5 Å². The molecule has 0 N–H and O–H groups in total. The Bertz CT molecular complexity index is 1850. The molecule has 0 amide bonds. The Labute approximate surface area is 297 Å². The van der Waals surface area contributed by atoms with Crippen LogP contribution in [0.1, 0.15) is 34.6 Å². The fraction of sp³-hybridized carbons (Fsp3) is 0.105. The van der Waals surface area contributed by atoms with Crippen LogP contribution in [-0.4, -0.2) is 37.5 Å². The molecule has 0 saturated heterocycles. The predicted molar refractivity (Wildman–Crippen MR) is 185 cm³/mol. The van der Waals surface area contributed by atoms with Crippen LogP contribution in [0.3, 0.4) is 0 Å². The van der Waals surface area contributed by atoms with Gasteiger partial charge in [-0.25, -0.2) is 19.2 Å². The average Bonchev–Trinajstić information content (AvgIpc) is 3.11. The van der Waals surface area contributed by atoms with E-state index in [4.69, 9.17) is 51.6 Å². The summed E-state index contributed by atoms with van der Waals surface area (Å²) < 4.78 is 30.7. The van der Waals surface area contributed by atoms with Gasteiger partial charge in [0.2, 0.25) is 0 Å². The Morgan fingerprint density at radius 3 is 1.10 bits per heavy atom. The van der Waals surface area contributed by atoms with Crippen molar-refractivity contribution < 1.29 is 47.6 Å². The first-order valence-electron chi connectivity index (χ1n) is 15.2. The van der Waals surface area contributed by atoms with Gasteiger partial charge in [-0.3, -0.25) is 0 Å². The summed E-state index contributed by atoms with van der Waals surface area (Å²) in [6.45, 7) is 3.78. The standard InChI is InChI=1S/C38H28Cl2O10/c1-3-45-37(43)47-29-17-13-25(14-18-29)23-5-9-27(10-6-23)35(41)49-33-22-34(32(40)21-31(33)39)50-36(42)28-11-7-24(8-12-28)26-15-19-30(20-16-26)48-38(44)46-4-2/h5-22H,3-4H2,1-2H3. The van der Waals surface area contributed by atoms with Gasteiger partial charge in [0.05, 0.1) is 34.4 Å². The normalized spacial score (nSPS) is 10.5. The van der Waals surface area contributed by atoms with Gasteiger partial charge in [-0.2, -0.15) is 0 Å². The third-order valence-electron chi connectivity index (χ3n) is 6.93. The third kappa shape index (κ3) is 9.19. The zero-order chi connectivity index (χ0) is 35.6. The Morgan fingerprint density at radius 2 is 0.780 bits per heavy atom. The second-order valence-corrected chi connectivity index (χ2v) is 11.1. The summed E-state index contributed by atoms with van der Waals surface area (Å²) >= 11 is 12.6. The van der Waals surface area contributed by atoms with Crippen LogP contribution >= 0.6 is 23.2 Å². The second-order valence-electron chi connectivity index (χ2n) is 10.3. The van der Waals surface area contributed by atoms with E-state index < -0.39 is 24.2 Å². The molecule has 0 spiro atoms. The number of esters is 2. The molecule has 5 rings (SSSR count). The van der Waals surface area contributed by atoms with Gasteiger partial charge in [0.25, 0.3) is 0 Å². The number of benzene rings is 5. The molecule has 5 aromatic rings. The lowest BCUT2D eigenvalue weighted by atomic mass is 10.0. The lowest BCUT2D eigenvalue weighted by molar-refractivity contribution is 0.0731. The van der Waals surface area contributed by atoms with Gasteiger partial charge in [-0.05, 0) is 90.7 Å². The average molecular weight is 716 g/mol. The van der Waals surface area contributed by atoms with E-state index in [2.05, 4.69) is 0 Å². The highest BCUT2D eigenvalue weighted by atomic mass is 35.5. The molecule has 254 valence electrons. The number of halogens is 2. The number of hydrogen-bond acceptors (Lipinski definition) is 10. The van der Waals surface area contributed by atoms with Crippen LogP contribution in [0.25, 0.3) is 22.3 Å². The number of carbonyl (C=O) groups excluding carboxylic acids is 4. The molecule has 0 aromatic heterocycles. The van der Waals surface area contributed by atoms with Gasteiger partial charge >= 0.3 is 24.2 Å². The molecule has 0 heterocycles. The van der Waals surface area contributed by atoms with Crippen molar-refractivity contribution in [2.24, 2.45) is 0 Å². The van der Waals surface area contributed by atoms with Crippen molar-refractivity contribution in [1.29, 1.82) is 0 Å². The van der Waals surface area contributed by atoms with Crippen molar-refractivity contribution in [2.75, 3.05) is 13.2 Å². The quantitative estimate of drug-likeness (QED) is 0.0784. The van der Waals surface area contributed by atoms with Crippen LogP contribution < -0.4 is 18.9 Å². The summed E-state index contributed by atoms with van der Waals surface area (Å²) in [5.41, 5.74) is 3.71. The topological polar surface area (TPSA) is 124 Å². The molecule has 5 aromatic carbocycles. The van der Waals surface area contributed by atoms with Crippen molar-refractivity contribution in [1.82, 2.24) is 0 Å². The van der Waals surface area contributed by atoms with Gasteiger partial charge in [-0.15, -0.1) is 0 Å². The highest BCUT2D eigenvalue weighted by Crippen LogP contribution is 2.37. The molecule has 0 aliphatic carbocycles. The summed E-state index contributed by atoms with van der Waals surface area (Å²) in [6, 6.07) is 29.4. The number of carbonyl (C=O) groups is 4. The molecule has 0 bridgehead atoms. The number of rotatable bonds is 10. The van der Waals surface area contributed by atoms with Crippen molar-refractivity contribution in [3.8, 4) is 45.3 Å². The highest BCUT2D eigenvalue weighted by Gasteiger charge is 2.18. The molecular weight excluding hydrogens is 687 g/mol. The minimum absolute atomic E-state index is 0.0351. The zero-order valence-corrected chi connectivity index (χ0v) is 28.2. The Morgan fingerprint density at radius 1 is 0.460 bits per heavy atom. The van der Waals surface area contributed by atoms with E-state index in [0.29, 0.717) is 11.5 Å². The molecule has 0 aliphatic heterocycles. The summed E-state index contributed by atoms with van der Waals surface area (Å²) in [4.78, 5) is 49.0. The summed E-state index contributed by atoms with van der Waals surface area (Å²) in [5.74, 6) is -0.857. The maximum absolute atomic E-state index is 13.0. The lowest BCUT2D eigenvalue weighted by Gasteiger charge is -2.12. The van der Waals surface area contributed by atoms with E-state index in [0.717, 1.165) is 22.3 Å².